The van der Waals surface area contributed by atoms with E-state index in [1.54, 1.807) is 63.2 Å². The van der Waals surface area contributed by atoms with Gasteiger partial charge in [-0.15, -0.1) is 5.01 Å². The number of ether oxygens (including phenoxy) is 2. The molecule has 0 atom stereocenters. The maximum atomic E-state index is 13.4. The van der Waals surface area contributed by atoms with E-state index in [4.69, 9.17) is 25.5 Å². The molecule has 0 N–H and O–H groups in total. The van der Waals surface area contributed by atoms with Crippen molar-refractivity contribution in [3.63, 3.8) is 0 Å². The van der Waals surface area contributed by atoms with Gasteiger partial charge in [0.25, 0.3) is 11.8 Å². The lowest BCUT2D eigenvalue weighted by atomic mass is 10.1. The summed E-state index contributed by atoms with van der Waals surface area (Å²) in [5.41, 5.74) is -0.239. The van der Waals surface area contributed by atoms with Crippen molar-refractivity contribution in [2.45, 2.75) is 26.4 Å². The van der Waals surface area contributed by atoms with Crippen LogP contribution in [0.4, 0.5) is 10.5 Å². The maximum absolute atomic E-state index is 13.4. The van der Waals surface area contributed by atoms with Crippen molar-refractivity contribution < 1.29 is 33.1 Å². The van der Waals surface area contributed by atoms with Crippen LogP contribution in [0.5, 0.6) is 0 Å². The number of carbonyl (C=O) groups is 4. The molecule has 1 aliphatic heterocycles. The van der Waals surface area contributed by atoms with Gasteiger partial charge in [-0.1, -0.05) is 27.5 Å². The molecule has 2 aromatic carbocycles. The third-order valence-corrected chi connectivity index (χ3v) is 6.11. The van der Waals surface area contributed by atoms with Gasteiger partial charge in [-0.2, -0.15) is 0 Å². The van der Waals surface area contributed by atoms with E-state index in [1.165, 1.54) is 25.3 Å². The Morgan fingerprint density at radius 2 is 1.68 bits per heavy atom. The number of hydrogen-bond acceptors (Lipinski definition) is 7. The zero-order valence-electron chi connectivity index (χ0n) is 20.8. The Morgan fingerprint density at radius 3 is 2.32 bits per heavy atom. The molecule has 9 nitrogen and oxygen atoms in total. The van der Waals surface area contributed by atoms with Crippen LogP contribution in [-0.2, 0) is 19.1 Å². The van der Waals surface area contributed by atoms with Crippen molar-refractivity contribution in [3.05, 3.63) is 81.0 Å². The Kier molecular flexibility index (Phi) is 7.48. The zero-order valence-corrected chi connectivity index (χ0v) is 23.1. The van der Waals surface area contributed by atoms with Crippen molar-refractivity contribution in [3.8, 4) is 11.3 Å². The van der Waals surface area contributed by atoms with Crippen molar-refractivity contribution in [2.75, 3.05) is 12.1 Å². The predicted molar refractivity (Wildman–Crippen MR) is 143 cm³/mol. The summed E-state index contributed by atoms with van der Waals surface area (Å²) in [6, 6.07) is 14.4. The van der Waals surface area contributed by atoms with Gasteiger partial charge in [-0.05, 0) is 81.4 Å². The topological polar surface area (TPSA) is 106 Å². The molecule has 0 radical (unpaired) electrons. The number of halogens is 2. The minimum absolute atomic E-state index is 0.155. The van der Waals surface area contributed by atoms with Crippen LogP contribution in [0.15, 0.2) is 69.1 Å². The molecule has 1 saturated heterocycles. The summed E-state index contributed by atoms with van der Waals surface area (Å²) in [7, 11) is 1.25. The molecule has 0 unspecified atom stereocenters. The molecule has 3 aromatic rings. The van der Waals surface area contributed by atoms with Crippen LogP contribution >= 0.6 is 27.5 Å². The highest BCUT2D eigenvalue weighted by Crippen LogP contribution is 2.32. The first-order valence-electron chi connectivity index (χ1n) is 11.3. The summed E-state index contributed by atoms with van der Waals surface area (Å²) in [6.45, 7) is 4.96. The van der Waals surface area contributed by atoms with Gasteiger partial charge in [-0.3, -0.25) is 9.59 Å². The van der Waals surface area contributed by atoms with E-state index in [1.807, 2.05) is 0 Å². The lowest BCUT2D eigenvalue weighted by Crippen LogP contribution is -2.47. The number of esters is 1. The standard InChI is InChI=1S/C27H22BrClN2O7/c1-27(2,3)38-26(35)31-24(33)20(23(32)30(31)17-8-6-16(28)7-9-17)14-18-10-12-22(37-18)15-5-11-21(29)19(13-15)25(34)36-4/h5-14H,1-4H3/b20-14-. The van der Waals surface area contributed by atoms with Crippen molar-refractivity contribution in [1.29, 1.82) is 0 Å². The first kappa shape index (κ1) is 27.2. The maximum Gasteiger partial charge on any atom is 0.437 e. The lowest BCUT2D eigenvalue weighted by molar-refractivity contribution is -0.124. The molecule has 38 heavy (non-hydrogen) atoms. The molecule has 1 aliphatic rings. The molecule has 4 rings (SSSR count). The molecule has 196 valence electrons. The smallest absolute Gasteiger partial charge is 0.437 e. The van der Waals surface area contributed by atoms with E-state index in [2.05, 4.69) is 15.9 Å². The number of carbonyl (C=O) groups excluding carboxylic acids is 4. The van der Waals surface area contributed by atoms with Crippen LogP contribution in [0.3, 0.4) is 0 Å². The Bertz CT molecular complexity index is 1470. The fourth-order valence-corrected chi connectivity index (χ4v) is 4.04. The first-order chi connectivity index (χ1) is 17.9. The van der Waals surface area contributed by atoms with Crippen LogP contribution in [0.25, 0.3) is 17.4 Å². The van der Waals surface area contributed by atoms with Gasteiger partial charge in [0.2, 0.25) is 0 Å². The van der Waals surface area contributed by atoms with Gasteiger partial charge >= 0.3 is 12.1 Å². The third-order valence-electron chi connectivity index (χ3n) is 5.25. The molecule has 1 fully saturated rings. The Balaban J connectivity index is 1.71. The van der Waals surface area contributed by atoms with E-state index in [-0.39, 0.29) is 27.6 Å². The fraction of sp³-hybridized carbons (Fsp3) is 0.185. The molecule has 2 heterocycles. The van der Waals surface area contributed by atoms with Gasteiger partial charge in [0.1, 0.15) is 22.7 Å². The zero-order chi connectivity index (χ0) is 27.8. The lowest BCUT2D eigenvalue weighted by Gasteiger charge is -2.28. The van der Waals surface area contributed by atoms with Crippen LogP contribution < -0.4 is 5.01 Å². The quantitative estimate of drug-likeness (QED) is 0.197. The molecular weight excluding hydrogens is 580 g/mol. The van der Waals surface area contributed by atoms with Crippen molar-refractivity contribution in [1.82, 2.24) is 5.01 Å². The van der Waals surface area contributed by atoms with Gasteiger partial charge in [-0.25, -0.2) is 14.6 Å². The SMILES string of the molecule is COC(=O)c1cc(-c2ccc(/C=C3\C(=O)N(C(=O)OC(C)(C)C)N(c4ccc(Br)cc4)C3=O)o2)ccc1Cl. The summed E-state index contributed by atoms with van der Waals surface area (Å²) in [6.07, 6.45) is 0.250. The molecule has 0 aliphatic carbocycles. The van der Waals surface area contributed by atoms with E-state index >= 15 is 0 Å². The second kappa shape index (κ2) is 10.5. The number of furan rings is 1. The molecule has 0 spiro atoms. The number of benzene rings is 2. The number of hydrazine groups is 1. The monoisotopic (exact) mass is 600 g/mol. The highest BCUT2D eigenvalue weighted by atomic mass is 79.9. The average Bonchev–Trinajstić information content (AvgIpc) is 3.42. The highest BCUT2D eigenvalue weighted by molar-refractivity contribution is 9.10. The second-order valence-corrected chi connectivity index (χ2v) is 10.5. The molecule has 0 saturated carbocycles. The van der Waals surface area contributed by atoms with Crippen LogP contribution in [-0.4, -0.2) is 41.6 Å². The highest BCUT2D eigenvalue weighted by Gasteiger charge is 2.47. The normalized spacial score (nSPS) is 14.8. The van der Waals surface area contributed by atoms with Crippen molar-refractivity contribution >= 4 is 63.2 Å². The van der Waals surface area contributed by atoms with Crippen LogP contribution in [0, 0.1) is 0 Å². The summed E-state index contributed by atoms with van der Waals surface area (Å²) in [4.78, 5) is 51.7. The van der Waals surface area contributed by atoms with E-state index in [9.17, 15) is 19.2 Å². The van der Waals surface area contributed by atoms with Gasteiger partial charge < -0.3 is 13.9 Å². The van der Waals surface area contributed by atoms with Crippen LogP contribution in [0.1, 0.15) is 36.9 Å². The summed E-state index contributed by atoms with van der Waals surface area (Å²) in [5.74, 6) is -1.69. The predicted octanol–water partition coefficient (Wildman–Crippen LogP) is 6.26. The minimum Gasteiger partial charge on any atom is -0.465 e. The average molecular weight is 602 g/mol. The second-order valence-electron chi connectivity index (χ2n) is 9.14. The number of hydrogen-bond donors (Lipinski definition) is 0. The number of imide groups is 1. The first-order valence-corrected chi connectivity index (χ1v) is 12.4. The molecular formula is C27H22BrClN2O7. The van der Waals surface area contributed by atoms with E-state index in [0.29, 0.717) is 16.3 Å². The number of anilines is 1. The van der Waals surface area contributed by atoms with Crippen LogP contribution in [0.2, 0.25) is 5.02 Å². The Morgan fingerprint density at radius 1 is 1.00 bits per heavy atom. The molecule has 0 bridgehead atoms. The van der Waals surface area contributed by atoms with E-state index < -0.39 is 29.5 Å². The summed E-state index contributed by atoms with van der Waals surface area (Å²) in [5, 5.41) is 1.83. The Hall–Kier alpha value is -3.89. The largest absolute Gasteiger partial charge is 0.465 e. The minimum atomic E-state index is -1.00. The Labute approximate surface area is 231 Å². The number of amides is 3. The van der Waals surface area contributed by atoms with Gasteiger partial charge in [0.15, 0.2) is 0 Å². The molecule has 3 amide bonds. The number of rotatable bonds is 4. The molecule has 1 aromatic heterocycles. The van der Waals surface area contributed by atoms with Gasteiger partial charge in [0.05, 0.1) is 23.4 Å². The van der Waals surface area contributed by atoms with E-state index in [0.717, 1.165) is 9.48 Å². The summed E-state index contributed by atoms with van der Waals surface area (Å²) >= 11 is 9.42. The van der Waals surface area contributed by atoms with Crippen molar-refractivity contribution in [2.24, 2.45) is 0 Å². The third kappa shape index (κ3) is 5.51. The number of methoxy groups -OCH3 is 1. The van der Waals surface area contributed by atoms with Gasteiger partial charge in [0, 0.05) is 10.0 Å². The fourth-order valence-electron chi connectivity index (χ4n) is 3.58. The number of nitrogens with zero attached hydrogens (tertiary/aromatic N) is 2. The molecule has 11 heteroatoms. The summed E-state index contributed by atoms with van der Waals surface area (Å²) < 4.78 is 16.7.